The van der Waals surface area contributed by atoms with Gasteiger partial charge in [0.05, 0.1) is 31.6 Å². The lowest BCUT2D eigenvalue weighted by Crippen LogP contribution is -2.34. The summed E-state index contributed by atoms with van der Waals surface area (Å²) in [4.78, 5) is 15.6. The summed E-state index contributed by atoms with van der Waals surface area (Å²) in [7, 11) is 5.19. The van der Waals surface area contributed by atoms with Crippen molar-refractivity contribution in [3.05, 3.63) is 46.3 Å². The highest BCUT2D eigenvalue weighted by atomic mass is 16.5. The van der Waals surface area contributed by atoms with Gasteiger partial charge in [-0.1, -0.05) is 17.7 Å². The number of rotatable bonds is 5. The van der Waals surface area contributed by atoms with E-state index < -0.39 is 0 Å². The van der Waals surface area contributed by atoms with Crippen LogP contribution in [0.5, 0.6) is 5.75 Å². The highest BCUT2D eigenvalue weighted by Gasteiger charge is 2.20. The number of nitrogens with zero attached hydrogens (tertiary/aromatic N) is 4. The van der Waals surface area contributed by atoms with Crippen molar-refractivity contribution in [1.82, 2.24) is 24.9 Å². The molecule has 0 saturated carbocycles. The van der Waals surface area contributed by atoms with Gasteiger partial charge < -0.3 is 15.0 Å². The van der Waals surface area contributed by atoms with Gasteiger partial charge in [-0.3, -0.25) is 9.58 Å². The van der Waals surface area contributed by atoms with Crippen LogP contribution in [0.1, 0.15) is 28.1 Å². The first kappa shape index (κ1) is 19.2. The van der Waals surface area contributed by atoms with E-state index in [-0.39, 0.29) is 6.03 Å². The Morgan fingerprint density at radius 2 is 2.04 bits per heavy atom. The minimum Gasteiger partial charge on any atom is -0.496 e. The van der Waals surface area contributed by atoms with Crippen molar-refractivity contribution < 1.29 is 9.53 Å². The van der Waals surface area contributed by atoms with Gasteiger partial charge in [0.2, 0.25) is 0 Å². The predicted octanol–water partition coefficient (Wildman–Crippen LogP) is 2.30. The second kappa shape index (κ2) is 8.00. The molecular weight excluding hydrogens is 342 g/mol. The summed E-state index contributed by atoms with van der Waals surface area (Å²) >= 11 is 0. The Bertz CT molecular complexity index is 828. The minimum absolute atomic E-state index is 0.107. The van der Waals surface area contributed by atoms with E-state index in [9.17, 15) is 4.79 Å². The van der Waals surface area contributed by atoms with Crippen LogP contribution in [0.25, 0.3) is 0 Å². The molecule has 1 aromatic carbocycles. The molecule has 2 amide bonds. The number of ether oxygens (including phenoxy) is 1. The molecule has 3 rings (SSSR count). The Balaban J connectivity index is 1.68. The van der Waals surface area contributed by atoms with E-state index in [1.165, 1.54) is 27.3 Å². The molecule has 7 nitrogen and oxygen atoms in total. The first-order valence-electron chi connectivity index (χ1n) is 9.24. The summed E-state index contributed by atoms with van der Waals surface area (Å²) in [6.07, 6.45) is 0. The number of fused-ring (bicyclic) bond motifs is 1. The molecular formula is C20H29N5O2. The molecule has 2 heterocycles. The highest BCUT2D eigenvalue weighted by Crippen LogP contribution is 2.27. The fourth-order valence-electron chi connectivity index (χ4n) is 3.62. The first-order valence-corrected chi connectivity index (χ1v) is 9.24. The van der Waals surface area contributed by atoms with Gasteiger partial charge in [0.25, 0.3) is 0 Å². The molecule has 1 aliphatic rings. The van der Waals surface area contributed by atoms with Crippen LogP contribution in [-0.2, 0) is 26.2 Å². The van der Waals surface area contributed by atoms with Crippen LogP contribution in [0, 0.1) is 13.8 Å². The zero-order valence-electron chi connectivity index (χ0n) is 16.9. The molecule has 1 aromatic heterocycles. The number of hydrogen-bond acceptors (Lipinski definition) is 4. The van der Waals surface area contributed by atoms with E-state index in [1.54, 1.807) is 21.2 Å². The fraction of sp³-hybridized carbons (Fsp3) is 0.500. The third-order valence-corrected chi connectivity index (χ3v) is 4.85. The molecule has 0 bridgehead atoms. The van der Waals surface area contributed by atoms with E-state index in [0.717, 1.165) is 37.6 Å². The van der Waals surface area contributed by atoms with E-state index in [2.05, 4.69) is 47.4 Å². The van der Waals surface area contributed by atoms with Crippen LogP contribution in [0.15, 0.2) is 18.2 Å². The maximum absolute atomic E-state index is 11.7. The lowest BCUT2D eigenvalue weighted by molar-refractivity contribution is 0.202. The maximum Gasteiger partial charge on any atom is 0.317 e. The number of carbonyl (C=O) groups is 1. The summed E-state index contributed by atoms with van der Waals surface area (Å²) in [6.45, 7) is 8.14. The molecule has 0 radical (unpaired) electrons. The van der Waals surface area contributed by atoms with Crippen molar-refractivity contribution in [2.24, 2.45) is 0 Å². The molecule has 7 heteroatoms. The minimum atomic E-state index is -0.107. The van der Waals surface area contributed by atoms with Crippen LogP contribution < -0.4 is 10.1 Å². The zero-order valence-corrected chi connectivity index (χ0v) is 16.9. The Hall–Kier alpha value is -2.54. The number of benzene rings is 1. The molecule has 146 valence electrons. The van der Waals surface area contributed by atoms with Crippen LogP contribution in [0.3, 0.4) is 0 Å². The number of carbonyl (C=O) groups excluding carboxylic acids is 1. The molecule has 0 unspecified atom stereocenters. The van der Waals surface area contributed by atoms with Gasteiger partial charge in [0.1, 0.15) is 5.75 Å². The van der Waals surface area contributed by atoms with Crippen molar-refractivity contribution in [3.8, 4) is 5.75 Å². The van der Waals surface area contributed by atoms with Gasteiger partial charge in [0, 0.05) is 39.3 Å². The quantitative estimate of drug-likeness (QED) is 0.876. The molecule has 0 aliphatic carbocycles. The van der Waals surface area contributed by atoms with Crippen molar-refractivity contribution in [2.45, 2.75) is 40.0 Å². The van der Waals surface area contributed by atoms with Crippen LogP contribution in [-0.4, -0.2) is 53.4 Å². The maximum atomic E-state index is 11.7. The lowest BCUT2D eigenvalue weighted by atomic mass is 10.0. The number of amides is 2. The highest BCUT2D eigenvalue weighted by molar-refractivity contribution is 5.73. The van der Waals surface area contributed by atoms with Gasteiger partial charge in [-0.05, 0) is 25.5 Å². The average molecular weight is 371 g/mol. The van der Waals surface area contributed by atoms with E-state index in [0.29, 0.717) is 6.54 Å². The summed E-state index contributed by atoms with van der Waals surface area (Å²) < 4.78 is 7.68. The normalized spacial score (nSPS) is 14.0. The predicted molar refractivity (Wildman–Crippen MR) is 105 cm³/mol. The van der Waals surface area contributed by atoms with Crippen molar-refractivity contribution in [1.29, 1.82) is 0 Å². The molecule has 1 N–H and O–H groups in total. The second-order valence-corrected chi connectivity index (χ2v) is 7.39. The Kier molecular flexibility index (Phi) is 5.70. The van der Waals surface area contributed by atoms with Crippen LogP contribution in [0.2, 0.25) is 0 Å². The van der Waals surface area contributed by atoms with Gasteiger partial charge in [0.15, 0.2) is 0 Å². The smallest absolute Gasteiger partial charge is 0.317 e. The molecule has 0 saturated heterocycles. The molecule has 0 atom stereocenters. The largest absolute Gasteiger partial charge is 0.496 e. The van der Waals surface area contributed by atoms with Crippen molar-refractivity contribution in [3.63, 3.8) is 0 Å². The lowest BCUT2D eigenvalue weighted by Gasteiger charge is -2.28. The van der Waals surface area contributed by atoms with Gasteiger partial charge in [-0.15, -0.1) is 0 Å². The van der Waals surface area contributed by atoms with Crippen LogP contribution >= 0.6 is 0 Å². The number of nitrogens with one attached hydrogen (secondary N) is 1. The third-order valence-electron chi connectivity index (χ3n) is 4.85. The summed E-state index contributed by atoms with van der Waals surface area (Å²) in [5.41, 5.74) is 5.73. The van der Waals surface area contributed by atoms with Crippen molar-refractivity contribution in [2.75, 3.05) is 27.7 Å². The SMILES string of the molecule is COc1c(C)cc(C)cc1CN1CCn2nc(CNC(=O)N(C)C)cc2C1. The van der Waals surface area contributed by atoms with E-state index in [1.807, 2.05) is 4.68 Å². The molecule has 2 aromatic rings. The molecule has 0 spiro atoms. The summed E-state index contributed by atoms with van der Waals surface area (Å²) in [5.74, 6) is 0.978. The third kappa shape index (κ3) is 4.42. The monoisotopic (exact) mass is 371 g/mol. The standard InChI is InChI=1S/C20H29N5O2/c1-14-8-15(2)19(27-5)16(9-14)12-24-6-7-25-18(13-24)10-17(22-25)11-21-20(26)23(3)4/h8-10H,6-7,11-13H2,1-5H3,(H,21,26). The Morgan fingerprint density at radius 3 is 2.74 bits per heavy atom. The number of aromatic nitrogens is 2. The number of aryl methyl sites for hydroxylation is 2. The zero-order chi connectivity index (χ0) is 19.6. The molecule has 27 heavy (non-hydrogen) atoms. The molecule has 0 fully saturated rings. The summed E-state index contributed by atoms with van der Waals surface area (Å²) in [6, 6.07) is 6.34. The second-order valence-electron chi connectivity index (χ2n) is 7.39. The number of urea groups is 1. The van der Waals surface area contributed by atoms with Gasteiger partial charge in [-0.2, -0.15) is 5.10 Å². The Morgan fingerprint density at radius 1 is 1.26 bits per heavy atom. The van der Waals surface area contributed by atoms with Crippen molar-refractivity contribution >= 4 is 6.03 Å². The molecule has 1 aliphatic heterocycles. The Labute approximate surface area is 160 Å². The van der Waals surface area contributed by atoms with E-state index in [4.69, 9.17) is 4.74 Å². The first-order chi connectivity index (χ1) is 12.9. The number of methoxy groups -OCH3 is 1. The topological polar surface area (TPSA) is 62.6 Å². The van der Waals surface area contributed by atoms with Gasteiger partial charge in [-0.25, -0.2) is 4.79 Å². The van der Waals surface area contributed by atoms with Gasteiger partial charge >= 0.3 is 6.03 Å². The van der Waals surface area contributed by atoms with Crippen LogP contribution in [0.4, 0.5) is 4.79 Å². The van der Waals surface area contributed by atoms with E-state index >= 15 is 0 Å². The fourth-order valence-corrected chi connectivity index (χ4v) is 3.62. The average Bonchev–Trinajstić information content (AvgIpc) is 3.01. The summed E-state index contributed by atoms with van der Waals surface area (Å²) in [5, 5.41) is 7.48. The number of hydrogen-bond donors (Lipinski definition) is 1.